The molecule has 0 aromatic heterocycles. The van der Waals surface area contributed by atoms with E-state index in [1.54, 1.807) is 7.11 Å². The summed E-state index contributed by atoms with van der Waals surface area (Å²) in [6, 6.07) is 26.5. The van der Waals surface area contributed by atoms with E-state index in [-0.39, 0.29) is 5.78 Å². The van der Waals surface area contributed by atoms with Crippen molar-refractivity contribution in [1.29, 1.82) is 0 Å². The zero-order chi connectivity index (χ0) is 18.6. The molecule has 1 aliphatic heterocycles. The highest BCUT2D eigenvalue weighted by atomic mass is 16.6. The number of ketones is 1. The Morgan fingerprint density at radius 1 is 0.889 bits per heavy atom. The molecule has 0 saturated heterocycles. The minimum atomic E-state index is -0.511. The lowest BCUT2D eigenvalue weighted by Gasteiger charge is -2.18. The molecule has 4 nitrogen and oxygen atoms in total. The highest BCUT2D eigenvalue weighted by Gasteiger charge is 2.41. The molecule has 1 aliphatic rings. The van der Waals surface area contributed by atoms with Crippen molar-refractivity contribution < 1.29 is 14.4 Å². The van der Waals surface area contributed by atoms with Gasteiger partial charge in [0.05, 0.1) is 7.11 Å². The van der Waals surface area contributed by atoms with E-state index in [0.717, 1.165) is 16.9 Å². The van der Waals surface area contributed by atoms with Gasteiger partial charge in [-0.15, -0.1) is 0 Å². The molecule has 2 atom stereocenters. The Bertz CT molecular complexity index is 950. The first-order chi connectivity index (χ1) is 13.3. The monoisotopic (exact) mass is 357 g/mol. The van der Waals surface area contributed by atoms with Crippen LogP contribution in [-0.4, -0.2) is 18.6 Å². The summed E-state index contributed by atoms with van der Waals surface area (Å²) in [5.41, 5.74) is 3.07. The molecule has 3 aromatic rings. The number of carbonyl (C=O) groups excluding carboxylic acids is 1. The number of oxime groups is 1. The summed E-state index contributed by atoms with van der Waals surface area (Å²) < 4.78 is 5.23. The molecule has 0 spiro atoms. The highest BCUT2D eigenvalue weighted by Crippen LogP contribution is 2.37. The first-order valence-corrected chi connectivity index (χ1v) is 8.80. The molecule has 4 heteroatoms. The molecule has 3 aromatic carbocycles. The van der Waals surface area contributed by atoms with E-state index in [1.165, 1.54) is 0 Å². The van der Waals surface area contributed by atoms with Crippen LogP contribution in [0.3, 0.4) is 0 Å². The van der Waals surface area contributed by atoms with Crippen LogP contribution in [0.2, 0.25) is 0 Å². The summed E-state index contributed by atoms with van der Waals surface area (Å²) in [5.74, 6) is 0.239. The van der Waals surface area contributed by atoms with Crippen LogP contribution in [0, 0.1) is 5.92 Å². The minimum absolute atomic E-state index is 0.00322. The van der Waals surface area contributed by atoms with Gasteiger partial charge in [0.15, 0.2) is 11.9 Å². The molecule has 0 saturated carbocycles. The second kappa shape index (κ2) is 7.46. The minimum Gasteiger partial charge on any atom is -0.497 e. The molecule has 1 heterocycles. The first kappa shape index (κ1) is 17.0. The number of nitrogens with zero attached hydrogens (tertiary/aromatic N) is 1. The molecular formula is C23H19NO3. The van der Waals surface area contributed by atoms with Crippen molar-refractivity contribution in [2.24, 2.45) is 11.1 Å². The number of Topliss-reactive ketones (excluding diaryl/α,β-unsaturated/α-hetero) is 1. The van der Waals surface area contributed by atoms with Gasteiger partial charge in [-0.25, -0.2) is 0 Å². The van der Waals surface area contributed by atoms with E-state index >= 15 is 0 Å². The lowest BCUT2D eigenvalue weighted by Crippen LogP contribution is -2.27. The van der Waals surface area contributed by atoms with E-state index in [9.17, 15) is 4.79 Å². The smallest absolute Gasteiger partial charge is 0.176 e. The molecule has 0 bridgehead atoms. The van der Waals surface area contributed by atoms with Crippen molar-refractivity contribution in [2.75, 3.05) is 7.11 Å². The van der Waals surface area contributed by atoms with Gasteiger partial charge in [0.2, 0.25) is 0 Å². The molecular weight excluding hydrogens is 338 g/mol. The van der Waals surface area contributed by atoms with E-state index in [0.29, 0.717) is 11.3 Å². The molecule has 0 fully saturated rings. The maximum atomic E-state index is 13.4. The van der Waals surface area contributed by atoms with Gasteiger partial charge in [0.25, 0.3) is 0 Å². The Morgan fingerprint density at radius 2 is 1.52 bits per heavy atom. The number of benzene rings is 3. The molecule has 27 heavy (non-hydrogen) atoms. The maximum absolute atomic E-state index is 13.4. The summed E-state index contributed by atoms with van der Waals surface area (Å²) in [6.45, 7) is 0. The van der Waals surface area contributed by atoms with Gasteiger partial charge < -0.3 is 9.57 Å². The number of hydrogen-bond donors (Lipinski definition) is 0. The van der Waals surface area contributed by atoms with Gasteiger partial charge in [0, 0.05) is 11.1 Å². The Balaban J connectivity index is 1.74. The van der Waals surface area contributed by atoms with E-state index < -0.39 is 12.0 Å². The average molecular weight is 357 g/mol. The number of ether oxygens (including phenoxy) is 1. The lowest BCUT2D eigenvalue weighted by atomic mass is 9.83. The van der Waals surface area contributed by atoms with Crippen LogP contribution in [0.4, 0.5) is 0 Å². The first-order valence-electron chi connectivity index (χ1n) is 8.80. The van der Waals surface area contributed by atoms with Crippen LogP contribution >= 0.6 is 0 Å². The van der Waals surface area contributed by atoms with Crippen molar-refractivity contribution >= 4 is 11.5 Å². The summed E-state index contributed by atoms with van der Waals surface area (Å²) in [7, 11) is 1.62. The fourth-order valence-corrected chi connectivity index (χ4v) is 3.31. The predicted molar refractivity (Wildman–Crippen MR) is 104 cm³/mol. The summed E-state index contributed by atoms with van der Waals surface area (Å²) in [6.07, 6.45) is -0.448. The third-order valence-corrected chi connectivity index (χ3v) is 4.72. The SMILES string of the molecule is COc1ccc(C2=NO[C@H](c3ccccc3)[C@H]2C(=O)c2ccccc2)cc1. The molecule has 0 N–H and O–H groups in total. The summed E-state index contributed by atoms with van der Waals surface area (Å²) in [4.78, 5) is 19.1. The summed E-state index contributed by atoms with van der Waals surface area (Å²) >= 11 is 0. The molecule has 0 aliphatic carbocycles. The van der Waals surface area contributed by atoms with Crippen molar-refractivity contribution in [3.8, 4) is 5.75 Å². The standard InChI is InChI=1S/C23H19NO3/c1-26-19-14-12-16(13-15-19)21-20(22(25)17-8-4-2-5-9-17)23(27-24-21)18-10-6-3-7-11-18/h2-15,20,23H,1H3/t20-,23-/m1/s1. The second-order valence-corrected chi connectivity index (χ2v) is 6.35. The van der Waals surface area contributed by atoms with Crippen LogP contribution < -0.4 is 4.74 Å². The van der Waals surface area contributed by atoms with Gasteiger partial charge in [-0.1, -0.05) is 65.8 Å². The quantitative estimate of drug-likeness (QED) is 0.624. The van der Waals surface area contributed by atoms with Gasteiger partial charge in [-0.2, -0.15) is 0 Å². The molecule has 4 rings (SSSR count). The zero-order valence-electron chi connectivity index (χ0n) is 14.9. The maximum Gasteiger partial charge on any atom is 0.176 e. The number of methoxy groups -OCH3 is 1. The molecule has 0 unspecified atom stereocenters. The molecule has 134 valence electrons. The normalized spacial score (nSPS) is 18.5. The Kier molecular flexibility index (Phi) is 4.71. The summed E-state index contributed by atoms with van der Waals surface area (Å²) in [5, 5.41) is 4.30. The average Bonchev–Trinajstić information content (AvgIpc) is 3.19. The third kappa shape index (κ3) is 3.34. The number of hydrogen-bond acceptors (Lipinski definition) is 4. The lowest BCUT2D eigenvalue weighted by molar-refractivity contribution is 0.0533. The fraction of sp³-hybridized carbons (Fsp3) is 0.130. The van der Waals surface area contributed by atoms with E-state index in [4.69, 9.17) is 9.57 Å². The van der Waals surface area contributed by atoms with Crippen LogP contribution in [0.5, 0.6) is 5.75 Å². The second-order valence-electron chi connectivity index (χ2n) is 6.35. The van der Waals surface area contributed by atoms with Gasteiger partial charge in [-0.3, -0.25) is 4.79 Å². The van der Waals surface area contributed by atoms with Gasteiger partial charge in [0.1, 0.15) is 17.4 Å². The molecule has 0 amide bonds. The zero-order valence-corrected chi connectivity index (χ0v) is 14.9. The van der Waals surface area contributed by atoms with Crippen LogP contribution in [0.15, 0.2) is 90.1 Å². The Hall–Kier alpha value is -3.40. The van der Waals surface area contributed by atoms with Crippen LogP contribution in [0.25, 0.3) is 0 Å². The number of rotatable bonds is 5. The Labute approximate surface area is 158 Å². The van der Waals surface area contributed by atoms with E-state index in [1.807, 2.05) is 84.9 Å². The van der Waals surface area contributed by atoms with Gasteiger partial charge in [-0.05, 0) is 29.8 Å². The van der Waals surface area contributed by atoms with Crippen molar-refractivity contribution in [1.82, 2.24) is 0 Å². The largest absolute Gasteiger partial charge is 0.497 e. The van der Waals surface area contributed by atoms with Gasteiger partial charge >= 0.3 is 0 Å². The van der Waals surface area contributed by atoms with E-state index in [2.05, 4.69) is 5.16 Å². The van der Waals surface area contributed by atoms with Crippen molar-refractivity contribution in [2.45, 2.75) is 6.10 Å². The topological polar surface area (TPSA) is 47.9 Å². The van der Waals surface area contributed by atoms with Crippen LogP contribution in [-0.2, 0) is 4.84 Å². The number of carbonyl (C=O) groups is 1. The van der Waals surface area contributed by atoms with Crippen molar-refractivity contribution in [3.05, 3.63) is 102 Å². The highest BCUT2D eigenvalue weighted by molar-refractivity contribution is 6.19. The Morgan fingerprint density at radius 3 is 2.15 bits per heavy atom. The fourth-order valence-electron chi connectivity index (χ4n) is 3.31. The van der Waals surface area contributed by atoms with Crippen molar-refractivity contribution in [3.63, 3.8) is 0 Å². The molecule has 0 radical (unpaired) electrons. The third-order valence-electron chi connectivity index (χ3n) is 4.72. The van der Waals surface area contributed by atoms with Crippen LogP contribution in [0.1, 0.15) is 27.6 Å². The predicted octanol–water partition coefficient (Wildman–Crippen LogP) is 4.67.